The Morgan fingerprint density at radius 2 is 2.00 bits per heavy atom. The molecule has 0 aliphatic carbocycles. The van der Waals surface area contributed by atoms with E-state index in [1.54, 1.807) is 38.4 Å². The van der Waals surface area contributed by atoms with E-state index in [-0.39, 0.29) is 12.5 Å². The predicted octanol–water partition coefficient (Wildman–Crippen LogP) is 1.65. The van der Waals surface area contributed by atoms with Gasteiger partial charge in [-0.3, -0.25) is 4.79 Å². The van der Waals surface area contributed by atoms with E-state index in [2.05, 4.69) is 12.8 Å². The molecule has 2 amide bonds. The highest BCUT2D eigenvalue weighted by Gasteiger charge is 2.14. The zero-order chi connectivity index (χ0) is 13.0. The van der Waals surface area contributed by atoms with Gasteiger partial charge in [-0.1, -0.05) is 24.9 Å². The molecule has 92 valence electrons. The first-order valence-electron chi connectivity index (χ1n) is 4.93. The lowest BCUT2D eigenvalue weighted by molar-refractivity contribution is -0.136. The minimum absolute atomic E-state index is 0.0778. The molecule has 0 heterocycles. The molecule has 0 aliphatic rings. The van der Waals surface area contributed by atoms with Gasteiger partial charge in [0.25, 0.3) is 0 Å². The van der Waals surface area contributed by atoms with Crippen LogP contribution in [0.25, 0.3) is 0 Å². The van der Waals surface area contributed by atoms with Crippen LogP contribution in [-0.4, -0.2) is 36.1 Å². The van der Waals surface area contributed by atoms with Gasteiger partial charge in [0.05, 0.1) is 12.1 Å². The molecule has 0 fully saturated rings. The van der Waals surface area contributed by atoms with Crippen LogP contribution in [-0.2, 0) is 11.2 Å². The maximum absolute atomic E-state index is 11.6. The summed E-state index contributed by atoms with van der Waals surface area (Å²) in [4.78, 5) is 23.6. The average Bonchev–Trinajstić information content (AvgIpc) is 2.26. The summed E-state index contributed by atoms with van der Waals surface area (Å²) in [5, 5.41) is 8.69. The summed E-state index contributed by atoms with van der Waals surface area (Å²) < 4.78 is 1.17. The molecule has 1 aromatic rings. The quantitative estimate of drug-likeness (QED) is 0.806. The Morgan fingerprint density at radius 1 is 1.35 bits per heavy atom. The van der Waals surface area contributed by atoms with E-state index in [9.17, 15) is 9.59 Å². The molecule has 1 rings (SSSR count). The summed E-state index contributed by atoms with van der Waals surface area (Å²) in [6.45, 7) is 0. The zero-order valence-electron chi connectivity index (χ0n) is 9.62. The van der Waals surface area contributed by atoms with E-state index in [1.165, 1.54) is 9.21 Å². The number of carbonyl (C=O) groups excluding carboxylic acids is 1. The fourth-order valence-electron chi connectivity index (χ4n) is 1.27. The molecule has 6 heteroatoms. The number of thiol groups is 1. The molecule has 0 saturated heterocycles. The number of amides is 2. The third-order valence-corrected chi connectivity index (χ3v) is 2.48. The molecule has 0 spiro atoms. The molecule has 0 unspecified atom stereocenters. The summed E-state index contributed by atoms with van der Waals surface area (Å²) in [5.74, 6) is -0.910. The molecular formula is C11H14N2O3S. The first-order chi connectivity index (χ1) is 7.91. The maximum atomic E-state index is 11.6. The Hall–Kier alpha value is -1.69. The van der Waals surface area contributed by atoms with Crippen molar-refractivity contribution in [3.63, 3.8) is 0 Å². The van der Waals surface area contributed by atoms with Crippen LogP contribution >= 0.6 is 12.8 Å². The Labute approximate surface area is 105 Å². The van der Waals surface area contributed by atoms with Crippen LogP contribution in [0.5, 0.6) is 0 Å². The van der Waals surface area contributed by atoms with Gasteiger partial charge in [0.15, 0.2) is 0 Å². The molecule has 0 saturated carbocycles. The third kappa shape index (κ3) is 3.67. The van der Waals surface area contributed by atoms with Gasteiger partial charge in [-0.05, 0) is 17.7 Å². The Balaban J connectivity index is 2.91. The van der Waals surface area contributed by atoms with Crippen LogP contribution in [0.1, 0.15) is 5.56 Å². The van der Waals surface area contributed by atoms with E-state index >= 15 is 0 Å². The lowest BCUT2D eigenvalue weighted by Gasteiger charge is -2.20. The van der Waals surface area contributed by atoms with Gasteiger partial charge in [-0.2, -0.15) is 0 Å². The fraction of sp³-hybridized carbons (Fsp3) is 0.273. The number of urea groups is 1. The molecule has 0 bridgehead atoms. The van der Waals surface area contributed by atoms with Crippen LogP contribution in [0.4, 0.5) is 10.5 Å². The van der Waals surface area contributed by atoms with Gasteiger partial charge in [0, 0.05) is 14.1 Å². The Bertz CT molecular complexity index is 434. The van der Waals surface area contributed by atoms with Crippen LogP contribution in [0, 0.1) is 0 Å². The molecular weight excluding hydrogens is 240 g/mol. The lowest BCUT2D eigenvalue weighted by atomic mass is 10.1. The minimum Gasteiger partial charge on any atom is -0.481 e. The van der Waals surface area contributed by atoms with E-state index in [1.807, 2.05) is 0 Å². The number of hydrogen-bond donors (Lipinski definition) is 2. The average molecular weight is 254 g/mol. The second-order valence-electron chi connectivity index (χ2n) is 3.73. The number of nitrogens with zero attached hydrogens (tertiary/aromatic N) is 2. The van der Waals surface area contributed by atoms with Gasteiger partial charge in [-0.25, -0.2) is 9.10 Å². The first-order valence-corrected chi connectivity index (χ1v) is 5.33. The number of carboxylic acids is 1. The topological polar surface area (TPSA) is 60.9 Å². The van der Waals surface area contributed by atoms with Crippen LogP contribution in [0.3, 0.4) is 0 Å². The number of carboxylic acid groups (broad SMARTS) is 1. The molecule has 17 heavy (non-hydrogen) atoms. The number of benzene rings is 1. The van der Waals surface area contributed by atoms with Crippen molar-refractivity contribution in [2.24, 2.45) is 0 Å². The lowest BCUT2D eigenvalue weighted by Crippen LogP contribution is -2.32. The van der Waals surface area contributed by atoms with Crippen LogP contribution in [0.15, 0.2) is 24.3 Å². The molecule has 0 aliphatic heterocycles. The van der Waals surface area contributed by atoms with Crippen molar-refractivity contribution in [3.05, 3.63) is 29.8 Å². The molecule has 5 nitrogen and oxygen atoms in total. The fourth-order valence-corrected chi connectivity index (χ4v) is 1.58. The van der Waals surface area contributed by atoms with Crippen LogP contribution < -0.4 is 4.31 Å². The highest BCUT2D eigenvalue weighted by molar-refractivity contribution is 7.82. The first kappa shape index (κ1) is 13.4. The van der Waals surface area contributed by atoms with Gasteiger partial charge >= 0.3 is 12.0 Å². The van der Waals surface area contributed by atoms with Crippen molar-refractivity contribution >= 4 is 30.5 Å². The Morgan fingerprint density at radius 3 is 2.53 bits per heavy atom. The number of aliphatic carboxylic acids is 1. The van der Waals surface area contributed by atoms with E-state index < -0.39 is 5.97 Å². The van der Waals surface area contributed by atoms with E-state index in [0.29, 0.717) is 11.3 Å². The van der Waals surface area contributed by atoms with E-state index in [0.717, 1.165) is 0 Å². The van der Waals surface area contributed by atoms with Crippen molar-refractivity contribution < 1.29 is 14.7 Å². The number of rotatable bonds is 3. The molecule has 1 aromatic carbocycles. The SMILES string of the molecule is CN(C)C(=O)N(S)c1cccc(CC(=O)O)c1. The molecule has 0 radical (unpaired) electrons. The van der Waals surface area contributed by atoms with Gasteiger partial charge in [-0.15, -0.1) is 0 Å². The van der Waals surface area contributed by atoms with Gasteiger partial charge in [0.2, 0.25) is 0 Å². The summed E-state index contributed by atoms with van der Waals surface area (Å²) in [6.07, 6.45) is -0.0778. The van der Waals surface area contributed by atoms with Gasteiger partial charge < -0.3 is 10.0 Å². The van der Waals surface area contributed by atoms with Crippen LogP contribution in [0.2, 0.25) is 0 Å². The largest absolute Gasteiger partial charge is 0.481 e. The third-order valence-electron chi connectivity index (χ3n) is 2.07. The van der Waals surface area contributed by atoms with Crippen molar-refractivity contribution in [2.75, 3.05) is 18.4 Å². The second kappa shape index (κ2) is 5.58. The van der Waals surface area contributed by atoms with Gasteiger partial charge in [0.1, 0.15) is 0 Å². The summed E-state index contributed by atoms with van der Waals surface area (Å²) in [7, 11) is 3.24. The van der Waals surface area contributed by atoms with Crippen molar-refractivity contribution in [2.45, 2.75) is 6.42 Å². The minimum atomic E-state index is -0.910. The van der Waals surface area contributed by atoms with Crippen molar-refractivity contribution in [1.82, 2.24) is 4.90 Å². The summed E-state index contributed by atoms with van der Waals surface area (Å²) in [6, 6.07) is 6.42. The monoisotopic (exact) mass is 254 g/mol. The highest BCUT2D eigenvalue weighted by Crippen LogP contribution is 2.19. The highest BCUT2D eigenvalue weighted by atomic mass is 32.1. The van der Waals surface area contributed by atoms with E-state index in [4.69, 9.17) is 5.11 Å². The van der Waals surface area contributed by atoms with Crippen molar-refractivity contribution in [3.8, 4) is 0 Å². The maximum Gasteiger partial charge on any atom is 0.334 e. The van der Waals surface area contributed by atoms with Crippen molar-refractivity contribution in [1.29, 1.82) is 0 Å². The summed E-state index contributed by atoms with van der Waals surface area (Å²) in [5.41, 5.74) is 1.17. The Kier molecular flexibility index (Phi) is 4.39. The molecule has 0 atom stereocenters. The zero-order valence-corrected chi connectivity index (χ0v) is 10.5. The molecule has 0 aromatic heterocycles. The standard InChI is InChI=1S/C11H14N2O3S/c1-12(2)11(16)13(17)9-5-3-4-8(6-9)7-10(14)15/h3-6,17H,7H2,1-2H3,(H,14,15). The molecule has 1 N–H and O–H groups in total. The number of hydrogen-bond acceptors (Lipinski definition) is 3. The second-order valence-corrected chi connectivity index (χ2v) is 4.13. The normalized spacial score (nSPS) is 9.82. The number of anilines is 1. The smallest absolute Gasteiger partial charge is 0.334 e. The summed E-state index contributed by atoms with van der Waals surface area (Å²) >= 11 is 4.09. The number of carbonyl (C=O) groups is 2. The predicted molar refractivity (Wildman–Crippen MR) is 68.3 cm³/mol.